The predicted octanol–water partition coefficient (Wildman–Crippen LogP) is -0.221. The lowest BCUT2D eigenvalue weighted by Gasteiger charge is -1.95. The molecule has 0 atom stereocenters. The van der Waals surface area contributed by atoms with Gasteiger partial charge < -0.3 is 4.84 Å². The van der Waals surface area contributed by atoms with E-state index in [4.69, 9.17) is 5.84 Å². The molecule has 1 amide bonds. The summed E-state index contributed by atoms with van der Waals surface area (Å²) in [6.45, 7) is 1.90. The Hall–Kier alpha value is -1.10. The van der Waals surface area contributed by atoms with Crippen LogP contribution in [0, 0.1) is 0 Å². The van der Waals surface area contributed by atoms with Gasteiger partial charge in [0.2, 0.25) is 0 Å². The minimum absolute atomic E-state index is 0.128. The van der Waals surface area contributed by atoms with Crippen molar-refractivity contribution in [2.45, 2.75) is 19.8 Å². The molecule has 0 saturated carbocycles. The minimum Gasteiger partial charge on any atom is -0.386 e. The Balaban J connectivity index is 3.19. The summed E-state index contributed by atoms with van der Waals surface area (Å²) in [4.78, 5) is 15.0. The van der Waals surface area contributed by atoms with E-state index in [9.17, 15) is 4.79 Å². The van der Waals surface area contributed by atoms with E-state index in [0.29, 0.717) is 0 Å². The largest absolute Gasteiger partial charge is 0.386 e. The molecule has 0 spiro atoms. The van der Waals surface area contributed by atoms with E-state index in [1.807, 2.05) is 12.3 Å². The molecule has 0 fully saturated rings. The van der Waals surface area contributed by atoms with Gasteiger partial charge in [-0.3, -0.25) is 10.2 Å². The minimum atomic E-state index is -0.390. The molecule has 0 rings (SSSR count). The fourth-order valence-electron chi connectivity index (χ4n) is 0.372. The van der Waals surface area contributed by atoms with Gasteiger partial charge in [-0.2, -0.15) is 0 Å². The number of carbonyl (C=O) groups is 1. The quantitative estimate of drug-likeness (QED) is 0.252. The fourth-order valence-corrected chi connectivity index (χ4v) is 0.372. The highest BCUT2D eigenvalue weighted by Crippen LogP contribution is 1.81. The topological polar surface area (TPSA) is 76.7 Å². The van der Waals surface area contributed by atoms with Gasteiger partial charge in [0.05, 0.1) is 0 Å². The number of rotatable bonds is 5. The summed E-state index contributed by atoms with van der Waals surface area (Å²) >= 11 is 0. The average molecular weight is 159 g/mol. The van der Waals surface area contributed by atoms with Gasteiger partial charge in [-0.05, 0) is 6.42 Å². The zero-order chi connectivity index (χ0) is 8.53. The zero-order valence-electron chi connectivity index (χ0n) is 6.54. The van der Waals surface area contributed by atoms with Crippen LogP contribution in [-0.2, 0) is 9.63 Å². The van der Waals surface area contributed by atoms with Crippen molar-refractivity contribution >= 4 is 12.1 Å². The van der Waals surface area contributed by atoms with Crippen molar-refractivity contribution < 1.29 is 9.63 Å². The van der Waals surface area contributed by atoms with E-state index in [1.165, 1.54) is 0 Å². The SMILES string of the molecule is CCC/C=N\OCC(=O)NN. The Morgan fingerprint density at radius 2 is 2.55 bits per heavy atom. The van der Waals surface area contributed by atoms with Crippen molar-refractivity contribution in [1.29, 1.82) is 0 Å². The molecule has 0 aromatic heterocycles. The van der Waals surface area contributed by atoms with Crippen molar-refractivity contribution in [2.24, 2.45) is 11.0 Å². The van der Waals surface area contributed by atoms with Crippen LogP contribution in [-0.4, -0.2) is 18.7 Å². The van der Waals surface area contributed by atoms with E-state index in [-0.39, 0.29) is 6.61 Å². The molecule has 0 heterocycles. The summed E-state index contributed by atoms with van der Waals surface area (Å²) in [5.41, 5.74) is 1.92. The van der Waals surface area contributed by atoms with E-state index in [1.54, 1.807) is 6.21 Å². The molecule has 0 saturated heterocycles. The predicted molar refractivity (Wildman–Crippen MR) is 41.7 cm³/mol. The Bertz CT molecular complexity index is 136. The third-order valence-electron chi connectivity index (χ3n) is 0.923. The van der Waals surface area contributed by atoms with E-state index in [0.717, 1.165) is 12.8 Å². The van der Waals surface area contributed by atoms with Gasteiger partial charge in [0.25, 0.3) is 5.91 Å². The zero-order valence-corrected chi connectivity index (χ0v) is 6.54. The van der Waals surface area contributed by atoms with Gasteiger partial charge in [0.1, 0.15) is 0 Å². The molecule has 0 aromatic rings. The molecule has 5 heteroatoms. The van der Waals surface area contributed by atoms with Crippen LogP contribution < -0.4 is 11.3 Å². The van der Waals surface area contributed by atoms with Crippen LogP contribution in [0.15, 0.2) is 5.16 Å². The van der Waals surface area contributed by atoms with Crippen molar-refractivity contribution in [3.05, 3.63) is 0 Å². The lowest BCUT2D eigenvalue weighted by Crippen LogP contribution is -2.32. The summed E-state index contributed by atoms with van der Waals surface area (Å²) in [6.07, 6.45) is 3.48. The Labute approximate surface area is 65.5 Å². The highest BCUT2D eigenvalue weighted by molar-refractivity contribution is 5.76. The number of carbonyl (C=O) groups excluding carboxylic acids is 1. The van der Waals surface area contributed by atoms with Gasteiger partial charge in [-0.25, -0.2) is 5.84 Å². The van der Waals surface area contributed by atoms with Gasteiger partial charge in [-0.15, -0.1) is 0 Å². The molecule has 0 unspecified atom stereocenters. The van der Waals surface area contributed by atoms with Crippen molar-refractivity contribution in [1.82, 2.24) is 5.43 Å². The smallest absolute Gasteiger partial charge is 0.274 e. The first-order valence-corrected chi connectivity index (χ1v) is 3.44. The van der Waals surface area contributed by atoms with Gasteiger partial charge >= 0.3 is 0 Å². The van der Waals surface area contributed by atoms with Crippen LogP contribution in [0.4, 0.5) is 0 Å². The first kappa shape index (κ1) is 9.90. The monoisotopic (exact) mass is 159 g/mol. The summed E-state index contributed by atoms with van der Waals surface area (Å²) in [7, 11) is 0. The maximum atomic E-state index is 10.4. The maximum absolute atomic E-state index is 10.4. The third kappa shape index (κ3) is 6.79. The summed E-state index contributed by atoms with van der Waals surface area (Å²) in [6, 6.07) is 0. The second-order valence-corrected chi connectivity index (χ2v) is 1.92. The average Bonchev–Trinajstić information content (AvgIpc) is 2.04. The number of amides is 1. The lowest BCUT2D eigenvalue weighted by molar-refractivity contribution is -0.125. The standard InChI is InChI=1S/C6H13N3O2/c1-2-3-4-8-11-5-6(10)9-7/h4H,2-3,5,7H2,1H3,(H,9,10)/b8-4-. The number of nitrogens with two attached hydrogens (primary N) is 1. The van der Waals surface area contributed by atoms with Gasteiger partial charge in [0, 0.05) is 6.21 Å². The highest BCUT2D eigenvalue weighted by Gasteiger charge is 1.94. The molecule has 64 valence electrons. The van der Waals surface area contributed by atoms with E-state index in [2.05, 4.69) is 9.99 Å². The molecule has 0 bridgehead atoms. The van der Waals surface area contributed by atoms with Crippen molar-refractivity contribution in [2.75, 3.05) is 6.61 Å². The van der Waals surface area contributed by atoms with Crippen LogP contribution in [0.5, 0.6) is 0 Å². The molecule has 11 heavy (non-hydrogen) atoms. The molecule has 5 nitrogen and oxygen atoms in total. The van der Waals surface area contributed by atoms with E-state index >= 15 is 0 Å². The summed E-state index contributed by atoms with van der Waals surface area (Å²) in [5.74, 6) is 4.39. The third-order valence-corrected chi connectivity index (χ3v) is 0.923. The normalized spacial score (nSPS) is 10.0. The van der Waals surface area contributed by atoms with Gasteiger partial charge in [0.15, 0.2) is 6.61 Å². The van der Waals surface area contributed by atoms with Crippen molar-refractivity contribution in [3.63, 3.8) is 0 Å². The number of oxime groups is 1. The van der Waals surface area contributed by atoms with Crippen LogP contribution in [0.2, 0.25) is 0 Å². The van der Waals surface area contributed by atoms with Gasteiger partial charge in [-0.1, -0.05) is 18.5 Å². The Morgan fingerprint density at radius 3 is 3.09 bits per heavy atom. The molecular weight excluding hydrogens is 146 g/mol. The van der Waals surface area contributed by atoms with Crippen LogP contribution >= 0.6 is 0 Å². The summed E-state index contributed by atoms with van der Waals surface area (Å²) < 4.78 is 0. The van der Waals surface area contributed by atoms with E-state index < -0.39 is 5.91 Å². The summed E-state index contributed by atoms with van der Waals surface area (Å²) in [5, 5.41) is 3.51. The lowest BCUT2D eigenvalue weighted by atomic mass is 10.4. The Kier molecular flexibility index (Phi) is 6.31. The number of hydrazine groups is 1. The molecule has 0 aliphatic carbocycles. The Morgan fingerprint density at radius 1 is 1.82 bits per heavy atom. The second kappa shape index (κ2) is 7.01. The maximum Gasteiger partial charge on any atom is 0.274 e. The van der Waals surface area contributed by atoms with Crippen LogP contribution in [0.3, 0.4) is 0 Å². The number of hydrogen-bond acceptors (Lipinski definition) is 4. The number of hydrogen-bond donors (Lipinski definition) is 2. The molecule has 0 aliphatic rings. The van der Waals surface area contributed by atoms with Crippen LogP contribution in [0.1, 0.15) is 19.8 Å². The first-order chi connectivity index (χ1) is 5.31. The first-order valence-electron chi connectivity index (χ1n) is 3.44. The fraction of sp³-hybridized carbons (Fsp3) is 0.667. The van der Waals surface area contributed by atoms with Crippen LogP contribution in [0.25, 0.3) is 0 Å². The molecule has 0 aliphatic heterocycles. The number of nitrogens with one attached hydrogen (secondary N) is 1. The van der Waals surface area contributed by atoms with Crippen molar-refractivity contribution in [3.8, 4) is 0 Å². The highest BCUT2D eigenvalue weighted by atomic mass is 16.6. The molecule has 0 radical (unpaired) electrons. The molecular formula is C6H13N3O2. The number of nitrogens with zero attached hydrogens (tertiary/aromatic N) is 1. The molecule has 3 N–H and O–H groups in total. The second-order valence-electron chi connectivity index (χ2n) is 1.92. The number of unbranched alkanes of at least 4 members (excludes halogenated alkanes) is 1. The molecule has 0 aromatic carbocycles.